The number of aliphatic hydroxyl groups excluding tert-OH is 1. The highest BCUT2D eigenvalue weighted by Gasteiger charge is 2.42. The lowest BCUT2D eigenvalue weighted by Crippen LogP contribution is -2.42. The van der Waals surface area contributed by atoms with Crippen LogP contribution in [0.3, 0.4) is 0 Å². The number of rotatable bonds is 5. The first-order chi connectivity index (χ1) is 16.3. The van der Waals surface area contributed by atoms with Gasteiger partial charge < -0.3 is 24.5 Å². The number of hydrogen-bond acceptors (Lipinski definition) is 5. The number of furan rings is 1. The van der Waals surface area contributed by atoms with Crippen LogP contribution in [0.5, 0.6) is 5.75 Å². The number of hydrogen-bond donors (Lipinski definition) is 2. The standard InChI is InChI=1S/C28H40N2O4/c1-18-14-19(2)17-30(16-18)13-7-12-29-27(32)26-20(3)24-22(33-26)8-9-23-25(24)21(31)15-28(34-23)10-5-4-6-11-28/h8-9,18-19,21,31H,4-7,10-17H2,1-3H3,(H,29,32)/t18-,19-,21+/m1/s1. The van der Waals surface area contributed by atoms with E-state index in [1.54, 1.807) is 0 Å². The third-order valence-corrected chi connectivity index (χ3v) is 8.17. The lowest BCUT2D eigenvalue weighted by molar-refractivity contribution is -0.0373. The minimum atomic E-state index is -0.605. The molecule has 1 saturated heterocycles. The molecule has 1 aliphatic carbocycles. The van der Waals surface area contributed by atoms with Crippen molar-refractivity contribution < 1.29 is 19.1 Å². The predicted molar refractivity (Wildman–Crippen MR) is 133 cm³/mol. The number of aliphatic hydroxyl groups is 1. The Hall–Kier alpha value is -2.05. The fourth-order valence-electron chi connectivity index (χ4n) is 6.78. The van der Waals surface area contributed by atoms with Gasteiger partial charge in [-0.2, -0.15) is 0 Å². The molecule has 6 heteroatoms. The molecule has 2 fully saturated rings. The molecule has 3 atom stereocenters. The van der Waals surface area contributed by atoms with Gasteiger partial charge >= 0.3 is 0 Å². The summed E-state index contributed by atoms with van der Waals surface area (Å²) in [5.74, 6) is 2.39. The van der Waals surface area contributed by atoms with Crippen LogP contribution >= 0.6 is 0 Å². The molecule has 5 rings (SSSR count). The third-order valence-electron chi connectivity index (χ3n) is 8.17. The number of fused-ring (bicyclic) bond motifs is 3. The third kappa shape index (κ3) is 4.59. The Kier molecular flexibility index (Phi) is 6.64. The van der Waals surface area contributed by atoms with Crippen LogP contribution in [0.4, 0.5) is 0 Å². The van der Waals surface area contributed by atoms with Crippen molar-refractivity contribution in [1.82, 2.24) is 10.2 Å². The fraction of sp³-hybridized carbons (Fsp3) is 0.679. The maximum absolute atomic E-state index is 13.0. The zero-order valence-corrected chi connectivity index (χ0v) is 21.0. The van der Waals surface area contributed by atoms with E-state index in [1.165, 1.54) is 12.8 Å². The quantitative estimate of drug-likeness (QED) is 0.578. The Balaban J connectivity index is 1.27. The molecule has 0 radical (unpaired) electrons. The minimum Gasteiger partial charge on any atom is -0.487 e. The van der Waals surface area contributed by atoms with E-state index in [0.717, 1.165) is 85.8 Å². The largest absolute Gasteiger partial charge is 0.487 e. The molecule has 34 heavy (non-hydrogen) atoms. The van der Waals surface area contributed by atoms with E-state index >= 15 is 0 Å². The van der Waals surface area contributed by atoms with E-state index in [2.05, 4.69) is 24.1 Å². The predicted octanol–water partition coefficient (Wildman–Crippen LogP) is 5.36. The topological polar surface area (TPSA) is 74.9 Å². The lowest BCUT2D eigenvalue weighted by atomic mass is 9.77. The first kappa shape index (κ1) is 23.7. The van der Waals surface area contributed by atoms with Crippen molar-refractivity contribution in [3.63, 3.8) is 0 Å². The number of ether oxygens (including phenoxy) is 1. The van der Waals surface area contributed by atoms with Crippen LogP contribution in [0.25, 0.3) is 11.0 Å². The number of piperidine rings is 1. The zero-order valence-electron chi connectivity index (χ0n) is 21.0. The molecule has 3 heterocycles. The Morgan fingerprint density at radius 3 is 2.65 bits per heavy atom. The zero-order chi connectivity index (χ0) is 23.9. The molecule has 6 nitrogen and oxygen atoms in total. The van der Waals surface area contributed by atoms with Crippen LogP contribution in [0.1, 0.15) is 93.0 Å². The van der Waals surface area contributed by atoms with Crippen molar-refractivity contribution in [1.29, 1.82) is 0 Å². The summed E-state index contributed by atoms with van der Waals surface area (Å²) in [6, 6.07) is 3.78. The molecule has 2 aromatic rings. The van der Waals surface area contributed by atoms with Gasteiger partial charge in [0.05, 0.1) is 6.10 Å². The van der Waals surface area contributed by atoms with Crippen molar-refractivity contribution in [3.8, 4) is 5.75 Å². The van der Waals surface area contributed by atoms with Crippen LogP contribution in [0.15, 0.2) is 16.5 Å². The van der Waals surface area contributed by atoms with Gasteiger partial charge in [-0.15, -0.1) is 0 Å². The second-order valence-corrected chi connectivity index (χ2v) is 11.3. The number of nitrogens with zero attached hydrogens (tertiary/aromatic N) is 1. The van der Waals surface area contributed by atoms with Gasteiger partial charge in [0.2, 0.25) is 0 Å². The van der Waals surface area contributed by atoms with Crippen LogP contribution in [0.2, 0.25) is 0 Å². The lowest BCUT2D eigenvalue weighted by Gasteiger charge is -2.43. The number of likely N-dealkylation sites (tertiary alicyclic amines) is 1. The summed E-state index contributed by atoms with van der Waals surface area (Å²) in [5.41, 5.74) is 1.95. The van der Waals surface area contributed by atoms with E-state index in [4.69, 9.17) is 9.15 Å². The van der Waals surface area contributed by atoms with Gasteiger partial charge in [-0.1, -0.05) is 20.3 Å². The highest BCUT2D eigenvalue weighted by Crippen LogP contribution is 2.49. The molecule has 1 aromatic heterocycles. The average molecular weight is 469 g/mol. The number of amides is 1. The number of carbonyl (C=O) groups is 1. The number of aryl methyl sites for hydroxylation is 1. The summed E-state index contributed by atoms with van der Waals surface area (Å²) >= 11 is 0. The maximum Gasteiger partial charge on any atom is 0.287 e. The Morgan fingerprint density at radius 2 is 1.91 bits per heavy atom. The second kappa shape index (κ2) is 9.54. The number of carbonyl (C=O) groups excluding carboxylic acids is 1. The Morgan fingerprint density at radius 1 is 1.18 bits per heavy atom. The smallest absolute Gasteiger partial charge is 0.287 e. The van der Waals surface area contributed by atoms with Gasteiger partial charge in [0.15, 0.2) is 5.76 Å². The molecule has 0 unspecified atom stereocenters. The van der Waals surface area contributed by atoms with E-state index < -0.39 is 6.10 Å². The molecule has 1 amide bonds. The van der Waals surface area contributed by atoms with Gasteiger partial charge in [-0.3, -0.25) is 4.79 Å². The first-order valence-electron chi connectivity index (χ1n) is 13.3. The van der Waals surface area contributed by atoms with Crippen molar-refractivity contribution in [2.24, 2.45) is 11.8 Å². The van der Waals surface area contributed by atoms with E-state index in [-0.39, 0.29) is 11.5 Å². The summed E-state index contributed by atoms with van der Waals surface area (Å²) in [7, 11) is 0. The highest BCUT2D eigenvalue weighted by molar-refractivity contribution is 6.00. The normalized spacial score (nSPS) is 26.9. The molecule has 0 bridgehead atoms. The summed E-state index contributed by atoms with van der Waals surface area (Å²) in [5, 5.41) is 15.0. The van der Waals surface area contributed by atoms with Crippen molar-refractivity contribution in [2.75, 3.05) is 26.2 Å². The molecule has 3 aliphatic rings. The van der Waals surface area contributed by atoms with Crippen molar-refractivity contribution in [3.05, 3.63) is 29.0 Å². The highest BCUT2D eigenvalue weighted by atomic mass is 16.5. The van der Waals surface area contributed by atoms with Gasteiger partial charge in [0.1, 0.15) is 16.9 Å². The van der Waals surface area contributed by atoms with E-state index in [9.17, 15) is 9.90 Å². The number of benzene rings is 1. The molecular formula is C28H40N2O4. The fourth-order valence-corrected chi connectivity index (χ4v) is 6.78. The van der Waals surface area contributed by atoms with Gasteiger partial charge in [0, 0.05) is 42.6 Å². The molecule has 2 aliphatic heterocycles. The van der Waals surface area contributed by atoms with Crippen molar-refractivity contribution in [2.45, 2.75) is 83.8 Å². The van der Waals surface area contributed by atoms with Gasteiger partial charge in [-0.05, 0) is 76.0 Å². The van der Waals surface area contributed by atoms with E-state index in [0.29, 0.717) is 24.3 Å². The summed E-state index contributed by atoms with van der Waals surface area (Å²) < 4.78 is 12.5. The minimum absolute atomic E-state index is 0.183. The maximum atomic E-state index is 13.0. The van der Waals surface area contributed by atoms with E-state index in [1.807, 2.05) is 19.1 Å². The van der Waals surface area contributed by atoms with Gasteiger partial charge in [0.25, 0.3) is 5.91 Å². The molecule has 1 aromatic carbocycles. The summed E-state index contributed by atoms with van der Waals surface area (Å²) in [6.07, 6.45) is 7.76. The molecular weight excluding hydrogens is 428 g/mol. The van der Waals surface area contributed by atoms with Crippen molar-refractivity contribution >= 4 is 16.9 Å². The van der Waals surface area contributed by atoms with Crippen LogP contribution in [0, 0.1) is 18.8 Å². The Bertz CT molecular complexity index is 1030. The molecule has 1 spiro atoms. The summed E-state index contributed by atoms with van der Waals surface area (Å²) in [4.78, 5) is 15.5. The monoisotopic (exact) mass is 468 g/mol. The number of nitrogens with one attached hydrogen (secondary N) is 1. The molecule has 1 saturated carbocycles. The average Bonchev–Trinajstić information content (AvgIpc) is 3.13. The second-order valence-electron chi connectivity index (χ2n) is 11.3. The van der Waals surface area contributed by atoms with Crippen LogP contribution in [-0.2, 0) is 0 Å². The van der Waals surface area contributed by atoms with Gasteiger partial charge in [-0.25, -0.2) is 0 Å². The van der Waals surface area contributed by atoms with Crippen LogP contribution < -0.4 is 10.1 Å². The summed E-state index contributed by atoms with van der Waals surface area (Å²) in [6.45, 7) is 10.5. The Labute approximate surface area is 203 Å². The molecule has 2 N–H and O–H groups in total. The first-order valence-corrected chi connectivity index (χ1v) is 13.3. The van der Waals surface area contributed by atoms with Crippen LogP contribution in [-0.4, -0.2) is 47.7 Å². The SMILES string of the molecule is Cc1c(C(=O)NCCCN2C[C@H](C)C[C@@H](C)C2)oc2ccc3c(c12)[C@@H](O)CC1(CCCCC1)O3. The molecule has 186 valence electrons.